The summed E-state index contributed by atoms with van der Waals surface area (Å²) in [7, 11) is 0. The van der Waals surface area contributed by atoms with E-state index in [9.17, 15) is 9.59 Å². The van der Waals surface area contributed by atoms with Crippen LogP contribution in [0.25, 0.3) is 5.70 Å². The zero-order valence-corrected chi connectivity index (χ0v) is 16.0. The minimum atomic E-state index is -0.0717. The van der Waals surface area contributed by atoms with Gasteiger partial charge in [-0.3, -0.25) is 9.59 Å². The maximum atomic E-state index is 13.0. The molecule has 6 nitrogen and oxygen atoms in total. The first kappa shape index (κ1) is 18.4. The fourth-order valence-corrected chi connectivity index (χ4v) is 3.98. The summed E-state index contributed by atoms with van der Waals surface area (Å²) in [5.74, 6) is 0.572. The van der Waals surface area contributed by atoms with Crippen molar-refractivity contribution in [2.45, 2.75) is 51.6 Å². The van der Waals surface area contributed by atoms with Gasteiger partial charge in [0.15, 0.2) is 11.6 Å². The molecule has 2 heterocycles. The normalized spacial score (nSPS) is 13.7. The molecule has 1 amide bonds. The molecular formula is C19H22N4O2S. The van der Waals surface area contributed by atoms with E-state index in [0.29, 0.717) is 34.4 Å². The fraction of sp³-hybridized carbons (Fsp3) is 0.368. The maximum absolute atomic E-state index is 13.0. The van der Waals surface area contributed by atoms with Gasteiger partial charge >= 0.3 is 0 Å². The molecule has 1 aliphatic heterocycles. The Hall–Kier alpha value is -2.41. The number of hydrogen-bond donors (Lipinski definition) is 0. The van der Waals surface area contributed by atoms with E-state index in [4.69, 9.17) is 0 Å². The van der Waals surface area contributed by atoms with Gasteiger partial charge in [-0.25, -0.2) is 9.69 Å². The summed E-state index contributed by atoms with van der Waals surface area (Å²) < 4.78 is 1.72. The van der Waals surface area contributed by atoms with E-state index in [-0.39, 0.29) is 11.7 Å². The topological polar surface area (TPSA) is 68.1 Å². The van der Waals surface area contributed by atoms with Crippen LogP contribution in [0.5, 0.6) is 0 Å². The highest BCUT2D eigenvalue weighted by molar-refractivity contribution is 8.04. The van der Waals surface area contributed by atoms with E-state index in [1.807, 2.05) is 51.1 Å². The molecule has 0 fully saturated rings. The zero-order chi connectivity index (χ0) is 18.7. The van der Waals surface area contributed by atoms with E-state index in [1.165, 1.54) is 11.8 Å². The average molecular weight is 370 g/mol. The van der Waals surface area contributed by atoms with Crippen molar-refractivity contribution in [1.82, 2.24) is 14.9 Å². The van der Waals surface area contributed by atoms with Crippen LogP contribution in [0.1, 0.15) is 50.9 Å². The molecule has 0 radical (unpaired) electrons. The Morgan fingerprint density at radius 2 is 1.73 bits per heavy atom. The monoisotopic (exact) mass is 370 g/mol. The van der Waals surface area contributed by atoms with Crippen molar-refractivity contribution in [1.29, 1.82) is 0 Å². The molecule has 3 rings (SSSR count). The van der Waals surface area contributed by atoms with E-state index < -0.39 is 0 Å². The summed E-state index contributed by atoms with van der Waals surface area (Å²) in [6, 6.07) is 9.58. The van der Waals surface area contributed by atoms with E-state index in [1.54, 1.807) is 9.69 Å². The molecule has 0 saturated carbocycles. The largest absolute Gasteiger partial charge is 0.294 e. The number of benzene rings is 1. The number of carbonyl (C=O) groups is 2. The second kappa shape index (κ2) is 7.86. The molecular weight excluding hydrogens is 348 g/mol. The molecule has 1 aromatic heterocycles. The van der Waals surface area contributed by atoms with Crippen LogP contribution in [0.2, 0.25) is 0 Å². The summed E-state index contributed by atoms with van der Waals surface area (Å²) in [6.07, 6.45) is 2.29. The molecule has 0 saturated heterocycles. The third-order valence-corrected chi connectivity index (χ3v) is 5.13. The summed E-state index contributed by atoms with van der Waals surface area (Å²) >= 11 is 1.29. The smallest absolute Gasteiger partial charge is 0.246 e. The molecule has 7 heteroatoms. The first-order chi connectivity index (χ1) is 12.6. The summed E-state index contributed by atoms with van der Waals surface area (Å²) in [5, 5.41) is 10.4. The van der Waals surface area contributed by atoms with Crippen LogP contribution in [0.15, 0.2) is 40.4 Å². The summed E-state index contributed by atoms with van der Waals surface area (Å²) in [4.78, 5) is 26.4. The number of hydrogen-bond acceptors (Lipinski definition) is 5. The number of thioether (sulfide) groups is 1. The molecule has 26 heavy (non-hydrogen) atoms. The Morgan fingerprint density at radius 3 is 2.38 bits per heavy atom. The highest BCUT2D eigenvalue weighted by Gasteiger charge is 2.35. The maximum Gasteiger partial charge on any atom is 0.246 e. The number of ketones is 1. The number of allylic oxidation sites excluding steroid dienone is 1. The van der Waals surface area contributed by atoms with Crippen molar-refractivity contribution in [3.05, 3.63) is 46.6 Å². The van der Waals surface area contributed by atoms with Gasteiger partial charge in [0, 0.05) is 18.4 Å². The molecule has 0 N–H and O–H groups in total. The fourth-order valence-electron chi connectivity index (χ4n) is 2.90. The number of fused-ring (bicyclic) bond motifs is 1. The van der Waals surface area contributed by atoms with E-state index >= 15 is 0 Å². The first-order valence-electron chi connectivity index (χ1n) is 8.84. The van der Waals surface area contributed by atoms with Gasteiger partial charge < -0.3 is 0 Å². The summed E-state index contributed by atoms with van der Waals surface area (Å²) in [6.45, 7) is 5.75. The minimum Gasteiger partial charge on any atom is -0.294 e. The first-order valence-corrected chi connectivity index (χ1v) is 9.66. The predicted octanol–water partition coefficient (Wildman–Crippen LogP) is 3.69. The molecule has 0 atom stereocenters. The molecule has 2 aromatic rings. The quantitative estimate of drug-likeness (QED) is 0.776. The van der Waals surface area contributed by atoms with Crippen molar-refractivity contribution < 1.29 is 9.59 Å². The van der Waals surface area contributed by atoms with Crippen molar-refractivity contribution in [3.8, 4) is 0 Å². The Morgan fingerprint density at radius 1 is 1.04 bits per heavy atom. The number of aryl methyl sites for hydroxylation is 1. The van der Waals surface area contributed by atoms with Crippen molar-refractivity contribution in [2.24, 2.45) is 0 Å². The van der Waals surface area contributed by atoms with E-state index in [2.05, 4.69) is 10.2 Å². The Bertz CT molecular complexity index is 858. The molecule has 0 unspecified atom stereocenters. The molecule has 1 aromatic carbocycles. The van der Waals surface area contributed by atoms with Gasteiger partial charge in [-0.2, -0.15) is 0 Å². The number of rotatable bonds is 6. The lowest BCUT2D eigenvalue weighted by Crippen LogP contribution is -2.42. The van der Waals surface area contributed by atoms with Crippen LogP contribution in [0.3, 0.4) is 0 Å². The molecule has 0 spiro atoms. The number of aromatic nitrogens is 3. The highest BCUT2D eigenvalue weighted by Crippen LogP contribution is 2.40. The molecule has 0 bridgehead atoms. The van der Waals surface area contributed by atoms with Gasteiger partial charge in [0.2, 0.25) is 11.1 Å². The van der Waals surface area contributed by atoms with Crippen molar-refractivity contribution >= 4 is 29.1 Å². The van der Waals surface area contributed by atoms with Gasteiger partial charge in [0.05, 0.1) is 10.6 Å². The standard InChI is InChI=1S/C19H22N4O2S/c1-4-9-15(24)18-17(14-11-7-6-8-12-14)23(16(25)10-5-2)22-13(3)20-21-19(22)26-18/h6-8,11-12H,4-5,9-10H2,1-3H3. The third kappa shape index (κ3) is 3.31. The Labute approximate surface area is 157 Å². The number of nitrogens with zero attached hydrogens (tertiary/aromatic N) is 4. The van der Waals surface area contributed by atoms with Crippen LogP contribution in [0.4, 0.5) is 0 Å². The Kier molecular flexibility index (Phi) is 5.56. The second-order valence-corrected chi connectivity index (χ2v) is 7.09. The second-order valence-electron chi connectivity index (χ2n) is 6.12. The third-order valence-electron chi connectivity index (χ3n) is 4.07. The van der Waals surface area contributed by atoms with Crippen LogP contribution < -0.4 is 5.01 Å². The average Bonchev–Trinajstić information content (AvgIpc) is 3.02. The SMILES string of the molecule is CCCC(=O)C1=C(c2ccccc2)N(C(=O)CCC)n2c(C)nnc2S1. The van der Waals surface area contributed by atoms with Crippen LogP contribution in [-0.2, 0) is 9.59 Å². The van der Waals surface area contributed by atoms with Gasteiger partial charge in [0.1, 0.15) is 0 Å². The minimum absolute atomic E-state index is 0.0255. The lowest BCUT2D eigenvalue weighted by atomic mass is 10.1. The number of amides is 1. The van der Waals surface area contributed by atoms with Crippen LogP contribution >= 0.6 is 11.8 Å². The van der Waals surface area contributed by atoms with Gasteiger partial charge in [-0.15, -0.1) is 10.2 Å². The molecule has 1 aliphatic rings. The summed E-state index contributed by atoms with van der Waals surface area (Å²) in [5.41, 5.74) is 1.46. The van der Waals surface area contributed by atoms with Crippen molar-refractivity contribution in [3.63, 3.8) is 0 Å². The predicted molar refractivity (Wildman–Crippen MR) is 102 cm³/mol. The molecule has 0 aliphatic carbocycles. The molecule has 136 valence electrons. The van der Waals surface area contributed by atoms with Gasteiger partial charge in [-0.05, 0) is 31.5 Å². The van der Waals surface area contributed by atoms with E-state index in [0.717, 1.165) is 18.4 Å². The van der Waals surface area contributed by atoms with Crippen LogP contribution in [-0.4, -0.2) is 26.6 Å². The highest BCUT2D eigenvalue weighted by atomic mass is 32.2. The number of carbonyl (C=O) groups excluding carboxylic acids is 2. The van der Waals surface area contributed by atoms with Gasteiger partial charge in [0.25, 0.3) is 0 Å². The van der Waals surface area contributed by atoms with Gasteiger partial charge in [-0.1, -0.05) is 44.2 Å². The Balaban J connectivity index is 2.24. The number of Topliss-reactive ketones (excluding diaryl/α,β-unsaturated/α-hetero) is 1. The zero-order valence-electron chi connectivity index (χ0n) is 15.2. The van der Waals surface area contributed by atoms with Crippen molar-refractivity contribution in [2.75, 3.05) is 5.01 Å². The lowest BCUT2D eigenvalue weighted by Gasteiger charge is -2.33. The lowest BCUT2D eigenvalue weighted by molar-refractivity contribution is -0.119. The van der Waals surface area contributed by atoms with Crippen LogP contribution in [0, 0.1) is 6.92 Å².